The summed E-state index contributed by atoms with van der Waals surface area (Å²) in [4.78, 5) is 39.3. The number of likely N-dealkylation sites (tertiary alicyclic amines) is 1. The van der Waals surface area contributed by atoms with E-state index in [2.05, 4.69) is 5.32 Å². The number of amides is 2. The Morgan fingerprint density at radius 1 is 1.23 bits per heavy atom. The SMILES string of the molecule is CC(=O)Nc1scc(-c2cccs2)c1C(=O)O[C@H](C)C(=O)N1CCCC1. The van der Waals surface area contributed by atoms with E-state index in [-0.39, 0.29) is 11.8 Å². The number of carbonyl (C=O) groups excluding carboxylic acids is 3. The van der Waals surface area contributed by atoms with Crippen molar-refractivity contribution in [1.82, 2.24) is 4.90 Å². The molecule has 1 aliphatic heterocycles. The number of anilines is 1. The molecule has 0 unspecified atom stereocenters. The van der Waals surface area contributed by atoms with E-state index in [1.165, 1.54) is 29.6 Å². The van der Waals surface area contributed by atoms with Crippen LogP contribution in [0.2, 0.25) is 0 Å². The minimum atomic E-state index is -0.859. The van der Waals surface area contributed by atoms with Gasteiger partial charge in [0.05, 0.1) is 0 Å². The van der Waals surface area contributed by atoms with Crippen LogP contribution in [0.3, 0.4) is 0 Å². The van der Waals surface area contributed by atoms with Crippen molar-refractivity contribution in [2.24, 2.45) is 0 Å². The van der Waals surface area contributed by atoms with Gasteiger partial charge < -0.3 is 15.0 Å². The van der Waals surface area contributed by atoms with Crippen LogP contribution in [0.25, 0.3) is 10.4 Å². The molecule has 1 N–H and O–H groups in total. The molecule has 0 radical (unpaired) electrons. The quantitative estimate of drug-likeness (QED) is 0.789. The maximum absolute atomic E-state index is 12.8. The monoisotopic (exact) mass is 392 g/mol. The second-order valence-corrected chi connectivity index (χ2v) is 7.92. The number of thiophene rings is 2. The van der Waals surface area contributed by atoms with Gasteiger partial charge in [-0.2, -0.15) is 0 Å². The van der Waals surface area contributed by atoms with Crippen molar-refractivity contribution in [2.45, 2.75) is 32.8 Å². The molecule has 2 aromatic heterocycles. The summed E-state index contributed by atoms with van der Waals surface area (Å²) < 4.78 is 5.46. The molecule has 6 nitrogen and oxygen atoms in total. The van der Waals surface area contributed by atoms with Crippen molar-refractivity contribution < 1.29 is 19.1 Å². The van der Waals surface area contributed by atoms with Gasteiger partial charge >= 0.3 is 5.97 Å². The summed E-state index contributed by atoms with van der Waals surface area (Å²) in [6, 6.07) is 3.80. The van der Waals surface area contributed by atoms with Crippen LogP contribution in [0.4, 0.5) is 5.00 Å². The van der Waals surface area contributed by atoms with E-state index >= 15 is 0 Å². The first-order valence-corrected chi connectivity index (χ1v) is 10.2. The molecule has 2 amide bonds. The van der Waals surface area contributed by atoms with Gasteiger partial charge in [0, 0.05) is 35.8 Å². The highest BCUT2D eigenvalue weighted by molar-refractivity contribution is 7.17. The Balaban J connectivity index is 1.83. The number of hydrogen-bond donors (Lipinski definition) is 1. The molecule has 1 aliphatic rings. The van der Waals surface area contributed by atoms with E-state index in [1.54, 1.807) is 11.8 Å². The first kappa shape index (κ1) is 18.6. The lowest BCUT2D eigenvalue weighted by molar-refractivity contribution is -0.138. The summed E-state index contributed by atoms with van der Waals surface area (Å²) in [6.45, 7) is 4.39. The summed E-state index contributed by atoms with van der Waals surface area (Å²) >= 11 is 2.77. The standard InChI is InChI=1S/C18H20N2O4S2/c1-11(17(22)20-7-3-4-8-20)24-18(23)15-13(14-6-5-9-25-14)10-26-16(15)19-12(2)21/h5-6,9-11H,3-4,7-8H2,1-2H3,(H,19,21)/t11-/m1/s1. The lowest BCUT2D eigenvalue weighted by atomic mass is 10.1. The van der Waals surface area contributed by atoms with Crippen LogP contribution in [-0.2, 0) is 14.3 Å². The van der Waals surface area contributed by atoms with E-state index in [0.29, 0.717) is 29.2 Å². The number of carbonyl (C=O) groups is 3. The average Bonchev–Trinajstić information content (AvgIpc) is 3.34. The Kier molecular flexibility index (Phi) is 5.73. The molecule has 1 atom stereocenters. The number of nitrogens with one attached hydrogen (secondary N) is 1. The zero-order chi connectivity index (χ0) is 18.7. The molecule has 2 aromatic rings. The molecular formula is C18H20N2O4S2. The van der Waals surface area contributed by atoms with Gasteiger partial charge in [-0.15, -0.1) is 22.7 Å². The highest BCUT2D eigenvalue weighted by atomic mass is 32.1. The largest absolute Gasteiger partial charge is 0.449 e. The second-order valence-electron chi connectivity index (χ2n) is 6.09. The van der Waals surface area contributed by atoms with Crippen molar-refractivity contribution in [3.8, 4) is 10.4 Å². The minimum absolute atomic E-state index is 0.176. The smallest absolute Gasteiger partial charge is 0.342 e. The van der Waals surface area contributed by atoms with E-state index in [9.17, 15) is 14.4 Å². The minimum Gasteiger partial charge on any atom is -0.449 e. The van der Waals surface area contributed by atoms with Crippen LogP contribution in [0.15, 0.2) is 22.9 Å². The molecule has 138 valence electrons. The van der Waals surface area contributed by atoms with E-state index in [0.717, 1.165) is 17.7 Å². The normalized spacial score (nSPS) is 14.9. The third-order valence-electron chi connectivity index (χ3n) is 4.12. The number of rotatable bonds is 5. The Morgan fingerprint density at radius 2 is 1.96 bits per heavy atom. The average molecular weight is 393 g/mol. The lowest BCUT2D eigenvalue weighted by Crippen LogP contribution is -2.38. The van der Waals surface area contributed by atoms with Crippen LogP contribution in [0.5, 0.6) is 0 Å². The van der Waals surface area contributed by atoms with Crippen LogP contribution in [0, 0.1) is 0 Å². The Hall–Kier alpha value is -2.19. The second kappa shape index (κ2) is 8.01. The predicted octanol–water partition coefficient (Wildman–Crippen LogP) is 3.60. The van der Waals surface area contributed by atoms with Gasteiger partial charge in [-0.25, -0.2) is 4.79 Å². The van der Waals surface area contributed by atoms with Crippen molar-refractivity contribution in [1.29, 1.82) is 0 Å². The van der Waals surface area contributed by atoms with Gasteiger partial charge in [0.2, 0.25) is 5.91 Å². The van der Waals surface area contributed by atoms with Gasteiger partial charge in [-0.1, -0.05) is 6.07 Å². The van der Waals surface area contributed by atoms with Crippen LogP contribution >= 0.6 is 22.7 Å². The maximum Gasteiger partial charge on any atom is 0.342 e. The summed E-state index contributed by atoms with van der Waals surface area (Å²) in [5.74, 6) is -1.04. The molecule has 8 heteroatoms. The van der Waals surface area contributed by atoms with Gasteiger partial charge in [0.15, 0.2) is 6.10 Å². The Labute approximate surface area is 159 Å². The fraction of sp³-hybridized carbons (Fsp3) is 0.389. The van der Waals surface area contributed by atoms with Crippen LogP contribution in [0.1, 0.15) is 37.0 Å². The molecule has 1 fully saturated rings. The molecular weight excluding hydrogens is 372 g/mol. The van der Waals surface area contributed by atoms with Crippen molar-refractivity contribution in [3.05, 3.63) is 28.5 Å². The van der Waals surface area contributed by atoms with Gasteiger partial charge in [-0.05, 0) is 31.2 Å². The highest BCUT2D eigenvalue weighted by Gasteiger charge is 2.29. The lowest BCUT2D eigenvalue weighted by Gasteiger charge is -2.20. The maximum atomic E-state index is 12.8. The zero-order valence-electron chi connectivity index (χ0n) is 14.6. The topological polar surface area (TPSA) is 75.7 Å². The number of esters is 1. The molecule has 26 heavy (non-hydrogen) atoms. The fourth-order valence-electron chi connectivity index (χ4n) is 2.89. The molecule has 0 bridgehead atoms. The van der Waals surface area contributed by atoms with E-state index < -0.39 is 12.1 Å². The zero-order valence-corrected chi connectivity index (χ0v) is 16.2. The molecule has 3 rings (SSSR count). The number of hydrogen-bond acceptors (Lipinski definition) is 6. The number of nitrogens with zero attached hydrogens (tertiary/aromatic N) is 1. The molecule has 3 heterocycles. The molecule has 0 aliphatic carbocycles. The summed E-state index contributed by atoms with van der Waals surface area (Å²) in [6.07, 6.45) is 1.10. The molecule has 0 aromatic carbocycles. The van der Waals surface area contributed by atoms with Crippen molar-refractivity contribution >= 4 is 45.5 Å². The Bertz CT molecular complexity index is 807. The summed E-state index contributed by atoms with van der Waals surface area (Å²) in [7, 11) is 0. The van der Waals surface area contributed by atoms with Gasteiger partial charge in [0.1, 0.15) is 10.6 Å². The van der Waals surface area contributed by atoms with Crippen LogP contribution in [-0.4, -0.2) is 41.9 Å². The van der Waals surface area contributed by atoms with Gasteiger partial charge in [0.25, 0.3) is 5.91 Å². The third-order valence-corrected chi connectivity index (χ3v) is 5.92. The molecule has 1 saturated heterocycles. The van der Waals surface area contributed by atoms with E-state index in [4.69, 9.17) is 4.74 Å². The third kappa shape index (κ3) is 3.96. The van der Waals surface area contributed by atoms with Crippen molar-refractivity contribution in [2.75, 3.05) is 18.4 Å². The summed E-state index contributed by atoms with van der Waals surface area (Å²) in [5.41, 5.74) is 1.01. The van der Waals surface area contributed by atoms with E-state index in [1.807, 2.05) is 22.9 Å². The number of ether oxygens (including phenoxy) is 1. The predicted molar refractivity (Wildman–Crippen MR) is 103 cm³/mol. The first-order valence-electron chi connectivity index (χ1n) is 8.40. The van der Waals surface area contributed by atoms with Crippen LogP contribution < -0.4 is 5.32 Å². The Morgan fingerprint density at radius 3 is 2.58 bits per heavy atom. The first-order chi connectivity index (χ1) is 12.5. The molecule has 0 spiro atoms. The summed E-state index contributed by atoms with van der Waals surface area (Å²) in [5, 5.41) is 6.86. The van der Waals surface area contributed by atoms with Gasteiger partial charge in [-0.3, -0.25) is 9.59 Å². The van der Waals surface area contributed by atoms with Crippen molar-refractivity contribution in [3.63, 3.8) is 0 Å². The molecule has 0 saturated carbocycles. The highest BCUT2D eigenvalue weighted by Crippen LogP contribution is 2.38. The fourth-order valence-corrected chi connectivity index (χ4v) is 4.71.